The Morgan fingerprint density at radius 3 is 2.59 bits per heavy atom. The van der Waals surface area contributed by atoms with Gasteiger partial charge >= 0.3 is 0 Å². The molecule has 10 heteroatoms. The number of fused-ring (bicyclic) bond motifs is 1. The second-order valence-corrected chi connectivity index (χ2v) is 10.2. The van der Waals surface area contributed by atoms with Crippen molar-refractivity contribution in [3.63, 3.8) is 0 Å². The van der Waals surface area contributed by atoms with Crippen molar-refractivity contribution in [2.24, 2.45) is 0 Å². The van der Waals surface area contributed by atoms with Gasteiger partial charge in [-0.3, -0.25) is 9.63 Å². The van der Waals surface area contributed by atoms with Crippen LogP contribution < -0.4 is 5.73 Å². The first-order chi connectivity index (χ1) is 14.0. The Morgan fingerprint density at radius 2 is 1.90 bits per heavy atom. The smallest absolute Gasteiger partial charge is 0.277 e. The van der Waals surface area contributed by atoms with Gasteiger partial charge in [-0.15, -0.1) is 0 Å². The molecule has 3 rings (SSSR count). The summed E-state index contributed by atoms with van der Waals surface area (Å²) >= 11 is 0. The number of hydrogen-bond donors (Lipinski definition) is 1. The Labute approximate surface area is 169 Å². The standard InChI is InChI=1S/C19H25N6O3P/c1-3-29(27,4-2)14-28-25(19(26)15-8-6-5-7-9-15)11-10-24-13-23-16-17(20)21-12-22-18(16)24/h5-9,12-13H,3-4,10-11,14H2,1-2H3,(H2,20,21,22). The van der Waals surface area contributed by atoms with Gasteiger partial charge < -0.3 is 14.9 Å². The predicted octanol–water partition coefficient (Wildman–Crippen LogP) is 2.84. The van der Waals surface area contributed by atoms with E-state index in [1.807, 2.05) is 19.9 Å². The maximum atomic E-state index is 13.0. The van der Waals surface area contributed by atoms with Crippen LogP contribution in [-0.4, -0.2) is 55.7 Å². The van der Waals surface area contributed by atoms with Crippen LogP contribution in [-0.2, 0) is 15.9 Å². The number of carbonyl (C=O) groups excluding carboxylic acids is 1. The van der Waals surface area contributed by atoms with Crippen molar-refractivity contribution in [2.75, 3.05) is 31.0 Å². The molecule has 0 spiro atoms. The highest BCUT2D eigenvalue weighted by Gasteiger charge is 2.23. The molecule has 1 amide bonds. The molecule has 29 heavy (non-hydrogen) atoms. The summed E-state index contributed by atoms with van der Waals surface area (Å²) in [7, 11) is -2.47. The first-order valence-corrected chi connectivity index (χ1v) is 11.7. The van der Waals surface area contributed by atoms with Gasteiger partial charge in [-0.2, -0.15) is 0 Å². The average molecular weight is 416 g/mol. The number of amides is 1. The van der Waals surface area contributed by atoms with Crippen LogP contribution in [0.3, 0.4) is 0 Å². The molecule has 0 unspecified atom stereocenters. The molecule has 0 aliphatic rings. The minimum Gasteiger partial charge on any atom is -0.382 e. The topological polar surface area (TPSA) is 116 Å². The molecule has 0 saturated carbocycles. The van der Waals surface area contributed by atoms with Crippen molar-refractivity contribution in [2.45, 2.75) is 20.4 Å². The number of imidazole rings is 1. The van der Waals surface area contributed by atoms with Crippen LogP contribution in [0, 0.1) is 0 Å². The van der Waals surface area contributed by atoms with Crippen molar-refractivity contribution in [3.8, 4) is 0 Å². The highest BCUT2D eigenvalue weighted by Crippen LogP contribution is 2.44. The number of rotatable bonds is 9. The number of aromatic nitrogens is 4. The van der Waals surface area contributed by atoms with Crippen molar-refractivity contribution in [1.82, 2.24) is 24.6 Å². The Kier molecular flexibility index (Phi) is 6.61. The lowest BCUT2D eigenvalue weighted by Gasteiger charge is -2.24. The van der Waals surface area contributed by atoms with Crippen LogP contribution in [0.25, 0.3) is 11.2 Å². The Bertz CT molecular complexity index is 1020. The van der Waals surface area contributed by atoms with Crippen molar-refractivity contribution in [3.05, 3.63) is 48.5 Å². The maximum absolute atomic E-state index is 13.0. The van der Waals surface area contributed by atoms with Crippen LogP contribution in [0.1, 0.15) is 24.2 Å². The number of nitrogen functional groups attached to an aromatic ring is 1. The largest absolute Gasteiger partial charge is 0.382 e. The number of nitrogens with zero attached hydrogens (tertiary/aromatic N) is 5. The Balaban J connectivity index is 1.79. The molecule has 0 aliphatic heterocycles. The molecule has 0 aliphatic carbocycles. The van der Waals surface area contributed by atoms with Crippen molar-refractivity contribution in [1.29, 1.82) is 0 Å². The van der Waals surface area contributed by atoms with Crippen LogP contribution >= 0.6 is 7.14 Å². The van der Waals surface area contributed by atoms with E-state index in [0.717, 1.165) is 0 Å². The van der Waals surface area contributed by atoms with Crippen molar-refractivity contribution >= 4 is 30.0 Å². The molecular weight excluding hydrogens is 391 g/mol. The molecule has 0 saturated heterocycles. The molecule has 1 aromatic carbocycles. The minimum absolute atomic E-state index is 0.0262. The van der Waals surface area contributed by atoms with Gasteiger partial charge in [0.1, 0.15) is 25.3 Å². The molecule has 0 radical (unpaired) electrons. The molecule has 2 aromatic heterocycles. The summed E-state index contributed by atoms with van der Waals surface area (Å²) in [6.45, 7) is 4.36. The molecular formula is C19H25N6O3P. The number of anilines is 1. The summed E-state index contributed by atoms with van der Waals surface area (Å²) in [6.07, 6.45) is 4.05. The lowest BCUT2D eigenvalue weighted by molar-refractivity contribution is -0.106. The normalized spacial score (nSPS) is 11.7. The monoisotopic (exact) mass is 416 g/mol. The Hall–Kier alpha value is -2.77. The third-order valence-electron chi connectivity index (χ3n) is 4.82. The fourth-order valence-corrected chi connectivity index (χ4v) is 3.95. The summed E-state index contributed by atoms with van der Waals surface area (Å²) in [5, 5.41) is 1.27. The van der Waals surface area contributed by atoms with Gasteiger partial charge in [-0.1, -0.05) is 32.0 Å². The quantitative estimate of drug-likeness (QED) is 0.421. The molecule has 9 nitrogen and oxygen atoms in total. The zero-order valence-corrected chi connectivity index (χ0v) is 17.5. The number of hydrogen-bond acceptors (Lipinski definition) is 7. The van der Waals surface area contributed by atoms with E-state index in [2.05, 4.69) is 15.0 Å². The molecule has 0 bridgehead atoms. The van der Waals surface area contributed by atoms with E-state index in [4.69, 9.17) is 10.6 Å². The van der Waals surface area contributed by atoms with Crippen LogP contribution in [0.4, 0.5) is 5.82 Å². The minimum atomic E-state index is -2.47. The average Bonchev–Trinajstić information content (AvgIpc) is 3.18. The fourth-order valence-electron chi connectivity index (χ4n) is 2.79. The summed E-state index contributed by atoms with van der Waals surface area (Å²) in [4.78, 5) is 31.1. The molecule has 0 atom stereocenters. The zero-order chi connectivity index (χ0) is 20.9. The van der Waals surface area contributed by atoms with E-state index in [9.17, 15) is 9.36 Å². The summed E-state index contributed by atoms with van der Waals surface area (Å²) in [5.41, 5.74) is 7.42. The second kappa shape index (κ2) is 9.15. The van der Waals surface area contributed by atoms with Gasteiger partial charge in [-0.05, 0) is 12.1 Å². The van der Waals surface area contributed by atoms with Gasteiger partial charge in [0, 0.05) is 24.4 Å². The highest BCUT2D eigenvalue weighted by atomic mass is 31.2. The maximum Gasteiger partial charge on any atom is 0.277 e. The SMILES string of the molecule is CCP(=O)(CC)CON(CCn1cnc2c(N)ncnc21)C(=O)c1ccccc1. The third-order valence-corrected chi connectivity index (χ3v) is 7.71. The van der Waals surface area contributed by atoms with E-state index in [0.29, 0.717) is 41.4 Å². The van der Waals surface area contributed by atoms with Gasteiger partial charge in [0.15, 0.2) is 11.5 Å². The van der Waals surface area contributed by atoms with Gasteiger partial charge in [0.25, 0.3) is 5.91 Å². The highest BCUT2D eigenvalue weighted by molar-refractivity contribution is 7.63. The van der Waals surface area contributed by atoms with Crippen LogP contribution in [0.15, 0.2) is 43.0 Å². The summed E-state index contributed by atoms with van der Waals surface area (Å²) < 4.78 is 14.5. The lowest BCUT2D eigenvalue weighted by atomic mass is 10.2. The van der Waals surface area contributed by atoms with Gasteiger partial charge in [0.2, 0.25) is 0 Å². The number of carbonyl (C=O) groups is 1. The summed E-state index contributed by atoms with van der Waals surface area (Å²) in [5.74, 6) is 0.0111. The molecule has 2 heterocycles. The van der Waals surface area contributed by atoms with E-state index in [1.54, 1.807) is 35.2 Å². The van der Waals surface area contributed by atoms with Gasteiger partial charge in [-0.25, -0.2) is 20.0 Å². The van der Waals surface area contributed by atoms with Crippen molar-refractivity contribution < 1.29 is 14.2 Å². The first-order valence-electron chi connectivity index (χ1n) is 9.45. The van der Waals surface area contributed by atoms with Crippen LogP contribution in [0.2, 0.25) is 0 Å². The van der Waals surface area contributed by atoms with E-state index in [-0.39, 0.29) is 18.8 Å². The second-order valence-electron chi connectivity index (χ2n) is 6.59. The zero-order valence-electron chi connectivity index (χ0n) is 16.6. The summed E-state index contributed by atoms with van der Waals surface area (Å²) in [6, 6.07) is 8.86. The number of nitrogens with two attached hydrogens (primary N) is 1. The third kappa shape index (κ3) is 4.81. The first kappa shape index (κ1) is 21.0. The lowest BCUT2D eigenvalue weighted by Crippen LogP contribution is -2.34. The van der Waals surface area contributed by atoms with E-state index in [1.165, 1.54) is 11.4 Å². The predicted molar refractivity (Wildman–Crippen MR) is 112 cm³/mol. The number of benzene rings is 1. The van der Waals surface area contributed by atoms with E-state index >= 15 is 0 Å². The fraction of sp³-hybridized carbons (Fsp3) is 0.368. The number of hydroxylamine groups is 2. The van der Waals surface area contributed by atoms with Gasteiger partial charge in [0.05, 0.1) is 12.9 Å². The molecule has 3 aromatic rings. The molecule has 2 N–H and O–H groups in total. The Morgan fingerprint density at radius 1 is 1.17 bits per heavy atom. The van der Waals surface area contributed by atoms with Crippen LogP contribution in [0.5, 0.6) is 0 Å². The molecule has 0 fully saturated rings. The molecule has 154 valence electrons. The van der Waals surface area contributed by atoms with E-state index < -0.39 is 7.14 Å².